The van der Waals surface area contributed by atoms with Gasteiger partial charge in [0.2, 0.25) is 5.91 Å². The lowest BCUT2D eigenvalue weighted by Crippen LogP contribution is -2.24. The van der Waals surface area contributed by atoms with Crippen LogP contribution in [0.3, 0.4) is 0 Å². The molecule has 0 aliphatic rings. The number of amides is 1. The zero-order chi connectivity index (χ0) is 14.4. The number of nitrogens with one attached hydrogen (secondary N) is 1. The standard InChI is InChI=1S/C17H16ClNO/c1-13(15-5-3-2-4-6-15)19-17(20)12-9-14-7-10-16(18)11-8-14/h2-13H,1H3,(H,19,20)/b12-9+/t13-/m0/s1. The fraction of sp³-hybridized carbons (Fsp3) is 0.118. The van der Waals surface area contributed by atoms with Crippen LogP contribution >= 0.6 is 11.6 Å². The fourth-order valence-electron chi connectivity index (χ4n) is 1.83. The molecule has 0 bridgehead atoms. The molecular weight excluding hydrogens is 270 g/mol. The first-order chi connectivity index (χ1) is 9.65. The lowest BCUT2D eigenvalue weighted by molar-refractivity contribution is -0.117. The largest absolute Gasteiger partial charge is 0.346 e. The Morgan fingerprint density at radius 2 is 1.75 bits per heavy atom. The molecule has 102 valence electrons. The number of carbonyl (C=O) groups is 1. The maximum Gasteiger partial charge on any atom is 0.244 e. The molecule has 2 aromatic rings. The summed E-state index contributed by atoms with van der Waals surface area (Å²) in [7, 11) is 0. The Balaban J connectivity index is 1.94. The lowest BCUT2D eigenvalue weighted by Gasteiger charge is -2.12. The number of hydrogen-bond acceptors (Lipinski definition) is 1. The molecule has 1 atom stereocenters. The molecule has 3 heteroatoms. The van der Waals surface area contributed by atoms with E-state index in [9.17, 15) is 4.79 Å². The van der Waals surface area contributed by atoms with Crippen LogP contribution in [0.1, 0.15) is 24.1 Å². The van der Waals surface area contributed by atoms with E-state index in [0.717, 1.165) is 11.1 Å². The van der Waals surface area contributed by atoms with Crippen LogP contribution in [0.25, 0.3) is 6.08 Å². The predicted octanol–water partition coefficient (Wildman–Crippen LogP) is 4.23. The summed E-state index contributed by atoms with van der Waals surface area (Å²) in [4.78, 5) is 11.8. The van der Waals surface area contributed by atoms with Gasteiger partial charge in [-0.2, -0.15) is 0 Å². The van der Waals surface area contributed by atoms with Gasteiger partial charge in [-0.1, -0.05) is 54.1 Å². The van der Waals surface area contributed by atoms with E-state index in [4.69, 9.17) is 11.6 Å². The molecule has 0 heterocycles. The summed E-state index contributed by atoms with van der Waals surface area (Å²) in [5.74, 6) is -0.115. The van der Waals surface area contributed by atoms with Crippen molar-refractivity contribution in [1.82, 2.24) is 5.32 Å². The minimum Gasteiger partial charge on any atom is -0.346 e. The van der Waals surface area contributed by atoms with Crippen molar-refractivity contribution in [2.45, 2.75) is 13.0 Å². The zero-order valence-electron chi connectivity index (χ0n) is 11.2. The van der Waals surface area contributed by atoms with E-state index in [1.54, 1.807) is 18.2 Å². The van der Waals surface area contributed by atoms with Gasteiger partial charge in [0, 0.05) is 11.1 Å². The first kappa shape index (κ1) is 14.4. The summed E-state index contributed by atoms with van der Waals surface area (Å²) in [6.45, 7) is 1.96. The van der Waals surface area contributed by atoms with Crippen LogP contribution in [0, 0.1) is 0 Å². The summed E-state index contributed by atoms with van der Waals surface area (Å²) in [6, 6.07) is 17.2. The van der Waals surface area contributed by atoms with Gasteiger partial charge in [0.05, 0.1) is 6.04 Å². The Morgan fingerprint density at radius 1 is 1.10 bits per heavy atom. The van der Waals surface area contributed by atoms with E-state index >= 15 is 0 Å². The molecule has 20 heavy (non-hydrogen) atoms. The minimum absolute atomic E-state index is 0.0152. The van der Waals surface area contributed by atoms with E-state index in [-0.39, 0.29) is 11.9 Å². The molecule has 0 saturated heterocycles. The highest BCUT2D eigenvalue weighted by molar-refractivity contribution is 6.30. The van der Waals surface area contributed by atoms with Gasteiger partial charge in [0.15, 0.2) is 0 Å². The molecule has 0 radical (unpaired) electrons. The van der Waals surface area contributed by atoms with E-state index < -0.39 is 0 Å². The molecule has 1 N–H and O–H groups in total. The summed E-state index contributed by atoms with van der Waals surface area (Å²) in [5.41, 5.74) is 2.03. The molecule has 1 amide bonds. The molecule has 0 aliphatic heterocycles. The number of rotatable bonds is 4. The highest BCUT2D eigenvalue weighted by atomic mass is 35.5. The van der Waals surface area contributed by atoms with Crippen LogP contribution in [0.15, 0.2) is 60.7 Å². The Bertz CT molecular complexity index is 590. The third-order valence-corrected chi connectivity index (χ3v) is 3.21. The molecule has 0 aliphatic carbocycles. The van der Waals surface area contributed by atoms with E-state index in [0.29, 0.717) is 5.02 Å². The van der Waals surface area contributed by atoms with Gasteiger partial charge in [-0.05, 0) is 36.3 Å². The molecule has 0 aromatic heterocycles. The molecular formula is C17H16ClNO. The monoisotopic (exact) mass is 285 g/mol. The Kier molecular flexibility index (Phi) is 4.97. The molecule has 0 saturated carbocycles. The number of halogens is 1. The van der Waals surface area contributed by atoms with Crippen molar-refractivity contribution < 1.29 is 4.79 Å². The van der Waals surface area contributed by atoms with Crippen molar-refractivity contribution in [3.05, 3.63) is 76.8 Å². The van der Waals surface area contributed by atoms with Gasteiger partial charge in [-0.15, -0.1) is 0 Å². The van der Waals surface area contributed by atoms with E-state index in [2.05, 4.69) is 5.32 Å². The van der Waals surface area contributed by atoms with Gasteiger partial charge in [-0.25, -0.2) is 0 Å². The van der Waals surface area contributed by atoms with Crippen LogP contribution in [-0.2, 0) is 4.79 Å². The highest BCUT2D eigenvalue weighted by Crippen LogP contribution is 2.12. The van der Waals surface area contributed by atoms with Gasteiger partial charge in [0.1, 0.15) is 0 Å². The Hall–Kier alpha value is -2.06. The van der Waals surface area contributed by atoms with E-state index in [1.165, 1.54) is 6.08 Å². The second-order valence-electron chi connectivity index (χ2n) is 4.53. The molecule has 0 unspecified atom stereocenters. The van der Waals surface area contributed by atoms with Crippen LogP contribution in [0.4, 0.5) is 0 Å². The van der Waals surface area contributed by atoms with Crippen LogP contribution in [0.2, 0.25) is 5.02 Å². The smallest absolute Gasteiger partial charge is 0.244 e. The van der Waals surface area contributed by atoms with Gasteiger partial charge in [0.25, 0.3) is 0 Å². The van der Waals surface area contributed by atoms with Crippen molar-refractivity contribution in [2.24, 2.45) is 0 Å². The average Bonchev–Trinajstić information content (AvgIpc) is 2.47. The van der Waals surface area contributed by atoms with Crippen molar-refractivity contribution in [3.63, 3.8) is 0 Å². The SMILES string of the molecule is C[C@H](NC(=O)/C=C/c1ccc(Cl)cc1)c1ccccc1. The topological polar surface area (TPSA) is 29.1 Å². The molecule has 2 nitrogen and oxygen atoms in total. The van der Waals surface area contributed by atoms with Gasteiger partial charge in [-0.3, -0.25) is 4.79 Å². The maximum atomic E-state index is 11.8. The highest BCUT2D eigenvalue weighted by Gasteiger charge is 2.06. The van der Waals surface area contributed by atoms with Gasteiger partial charge >= 0.3 is 0 Å². The summed E-state index contributed by atoms with van der Waals surface area (Å²) in [5, 5.41) is 3.61. The quantitative estimate of drug-likeness (QED) is 0.837. The summed E-state index contributed by atoms with van der Waals surface area (Å²) < 4.78 is 0. The fourth-order valence-corrected chi connectivity index (χ4v) is 1.96. The molecule has 2 aromatic carbocycles. The molecule has 0 spiro atoms. The van der Waals surface area contributed by atoms with E-state index in [1.807, 2.05) is 49.4 Å². The Morgan fingerprint density at radius 3 is 2.40 bits per heavy atom. The summed E-state index contributed by atoms with van der Waals surface area (Å²) >= 11 is 5.81. The van der Waals surface area contributed by atoms with Gasteiger partial charge < -0.3 is 5.32 Å². The second kappa shape index (κ2) is 6.92. The van der Waals surface area contributed by atoms with Crippen molar-refractivity contribution in [3.8, 4) is 0 Å². The Labute approximate surface area is 124 Å². The normalized spacial score (nSPS) is 12.3. The third kappa shape index (κ3) is 4.25. The maximum absolute atomic E-state index is 11.8. The first-order valence-electron chi connectivity index (χ1n) is 6.44. The predicted molar refractivity (Wildman–Crippen MR) is 83.5 cm³/mol. The van der Waals surface area contributed by atoms with Crippen molar-refractivity contribution in [1.29, 1.82) is 0 Å². The molecule has 0 fully saturated rings. The van der Waals surface area contributed by atoms with Crippen molar-refractivity contribution in [2.75, 3.05) is 0 Å². The summed E-state index contributed by atoms with van der Waals surface area (Å²) in [6.07, 6.45) is 3.30. The third-order valence-electron chi connectivity index (χ3n) is 2.96. The zero-order valence-corrected chi connectivity index (χ0v) is 12.0. The van der Waals surface area contributed by atoms with Crippen molar-refractivity contribution >= 4 is 23.6 Å². The van der Waals surface area contributed by atoms with Crippen LogP contribution < -0.4 is 5.32 Å². The number of hydrogen-bond donors (Lipinski definition) is 1. The number of benzene rings is 2. The molecule has 2 rings (SSSR count). The van der Waals surface area contributed by atoms with Crippen LogP contribution in [-0.4, -0.2) is 5.91 Å². The number of carbonyl (C=O) groups excluding carboxylic acids is 1. The first-order valence-corrected chi connectivity index (χ1v) is 6.82. The second-order valence-corrected chi connectivity index (χ2v) is 4.96. The minimum atomic E-state index is -0.115. The average molecular weight is 286 g/mol. The lowest BCUT2D eigenvalue weighted by atomic mass is 10.1. The van der Waals surface area contributed by atoms with Crippen LogP contribution in [0.5, 0.6) is 0 Å².